The first-order valence-corrected chi connectivity index (χ1v) is 8.19. The second kappa shape index (κ2) is 8.67. The zero-order chi connectivity index (χ0) is 16.2. The van der Waals surface area contributed by atoms with Gasteiger partial charge in [-0.3, -0.25) is 4.79 Å². The average molecular weight is 357 g/mol. The lowest BCUT2D eigenvalue weighted by Gasteiger charge is -2.24. The Hall–Kier alpha value is -1.34. The third-order valence-electron chi connectivity index (χ3n) is 4.33. The second-order valence-electron chi connectivity index (χ2n) is 6.25. The third kappa shape index (κ3) is 4.83. The monoisotopic (exact) mass is 356 g/mol. The summed E-state index contributed by atoms with van der Waals surface area (Å²) in [6, 6.07) is 5.34. The van der Waals surface area contributed by atoms with Gasteiger partial charge in [-0.15, -0.1) is 12.4 Å². The van der Waals surface area contributed by atoms with Crippen molar-refractivity contribution in [1.82, 2.24) is 5.32 Å². The lowest BCUT2D eigenvalue weighted by Crippen LogP contribution is -2.35. The van der Waals surface area contributed by atoms with Crippen LogP contribution in [0.1, 0.15) is 24.8 Å². The van der Waals surface area contributed by atoms with Gasteiger partial charge in [0, 0.05) is 25.1 Å². The highest BCUT2D eigenvalue weighted by Gasteiger charge is 2.28. The van der Waals surface area contributed by atoms with Gasteiger partial charge in [-0.2, -0.15) is 0 Å². The molecule has 6 nitrogen and oxygen atoms in total. The number of aryl methyl sites for hydroxylation is 1. The molecule has 0 aliphatic carbocycles. The van der Waals surface area contributed by atoms with E-state index in [4.69, 9.17) is 9.47 Å². The molecule has 3 N–H and O–H groups in total. The van der Waals surface area contributed by atoms with Crippen LogP contribution in [0.5, 0.6) is 5.75 Å². The molecular weight excluding hydrogens is 332 g/mol. The zero-order valence-electron chi connectivity index (χ0n) is 13.8. The van der Waals surface area contributed by atoms with Gasteiger partial charge >= 0.3 is 0 Å². The Balaban J connectivity index is 0.00000208. The lowest BCUT2D eigenvalue weighted by atomic mass is 10.1. The second-order valence-corrected chi connectivity index (χ2v) is 6.25. The lowest BCUT2D eigenvalue weighted by molar-refractivity contribution is -0.117. The van der Waals surface area contributed by atoms with E-state index in [-0.39, 0.29) is 30.5 Å². The summed E-state index contributed by atoms with van der Waals surface area (Å²) in [5, 5.41) is 15.4. The van der Waals surface area contributed by atoms with E-state index < -0.39 is 6.10 Å². The van der Waals surface area contributed by atoms with E-state index in [0.717, 1.165) is 43.1 Å². The van der Waals surface area contributed by atoms with E-state index in [2.05, 4.69) is 10.6 Å². The van der Waals surface area contributed by atoms with Crippen LogP contribution < -0.4 is 15.4 Å². The number of ether oxygens (including phenoxy) is 2. The Labute approximate surface area is 148 Å². The molecule has 0 spiro atoms. The molecule has 2 aliphatic rings. The van der Waals surface area contributed by atoms with E-state index >= 15 is 0 Å². The Morgan fingerprint density at radius 1 is 1.38 bits per heavy atom. The molecule has 24 heavy (non-hydrogen) atoms. The van der Waals surface area contributed by atoms with Crippen LogP contribution in [0.25, 0.3) is 0 Å². The predicted molar refractivity (Wildman–Crippen MR) is 93.9 cm³/mol. The fraction of sp³-hybridized carbons (Fsp3) is 0.588. The number of benzene rings is 1. The van der Waals surface area contributed by atoms with E-state index in [1.807, 2.05) is 25.1 Å². The minimum Gasteiger partial charge on any atom is -0.490 e. The van der Waals surface area contributed by atoms with Crippen LogP contribution in [0.4, 0.5) is 5.69 Å². The molecule has 2 heterocycles. The van der Waals surface area contributed by atoms with Gasteiger partial charge < -0.3 is 25.2 Å². The molecule has 134 valence electrons. The molecule has 0 aromatic heterocycles. The number of anilines is 1. The van der Waals surface area contributed by atoms with Gasteiger partial charge in [-0.25, -0.2) is 0 Å². The Kier molecular flexibility index (Phi) is 6.86. The maximum Gasteiger partial charge on any atom is 0.241 e. The van der Waals surface area contributed by atoms with E-state index in [0.29, 0.717) is 13.0 Å². The SMILES string of the molecule is Cc1cc(NC(=O)C2CC(O)CN2)ccc1OC1CCOCC1.Cl. The number of hydrogen-bond donors (Lipinski definition) is 3. The Bertz CT molecular complexity index is 564. The Morgan fingerprint density at radius 3 is 2.75 bits per heavy atom. The molecule has 1 aromatic rings. The molecule has 7 heteroatoms. The first-order chi connectivity index (χ1) is 11.1. The highest BCUT2D eigenvalue weighted by Crippen LogP contribution is 2.25. The maximum absolute atomic E-state index is 12.1. The minimum absolute atomic E-state index is 0. The number of carbonyl (C=O) groups excluding carboxylic acids is 1. The minimum atomic E-state index is -0.442. The molecule has 0 saturated carbocycles. The number of β-amino-alcohol motifs (C(OH)–C–C–N with tert-alkyl or cyclic N) is 1. The van der Waals surface area contributed by atoms with Crippen LogP contribution in [-0.4, -0.2) is 49.0 Å². The normalized spacial score (nSPS) is 24.2. The summed E-state index contributed by atoms with van der Waals surface area (Å²) in [5.74, 6) is 0.739. The maximum atomic E-state index is 12.1. The van der Waals surface area contributed by atoms with Crippen LogP contribution in [-0.2, 0) is 9.53 Å². The molecular formula is C17H25ClN2O4. The quantitative estimate of drug-likeness (QED) is 0.764. The van der Waals surface area contributed by atoms with Crippen molar-refractivity contribution in [2.24, 2.45) is 0 Å². The van der Waals surface area contributed by atoms with Crippen LogP contribution in [0.15, 0.2) is 18.2 Å². The summed E-state index contributed by atoms with van der Waals surface area (Å²) in [4.78, 5) is 12.1. The van der Waals surface area contributed by atoms with Gasteiger partial charge in [0.2, 0.25) is 5.91 Å². The molecule has 2 atom stereocenters. The molecule has 0 radical (unpaired) electrons. The van der Waals surface area contributed by atoms with Gasteiger partial charge in [-0.05, 0) is 37.1 Å². The smallest absolute Gasteiger partial charge is 0.241 e. The molecule has 1 amide bonds. The van der Waals surface area contributed by atoms with Crippen molar-refractivity contribution in [2.75, 3.05) is 25.1 Å². The first-order valence-electron chi connectivity index (χ1n) is 8.19. The molecule has 2 fully saturated rings. The van der Waals surface area contributed by atoms with Crippen molar-refractivity contribution in [3.63, 3.8) is 0 Å². The summed E-state index contributed by atoms with van der Waals surface area (Å²) in [6.07, 6.45) is 2.03. The fourth-order valence-electron chi connectivity index (χ4n) is 2.98. The number of amides is 1. The first kappa shape index (κ1) is 19.0. The standard InChI is InChI=1S/C17H24N2O4.ClH/c1-11-8-12(19-17(21)15-9-13(20)10-18-15)2-3-16(11)23-14-4-6-22-7-5-14;/h2-3,8,13-15,18,20H,4-7,9-10H2,1H3,(H,19,21);1H. The highest BCUT2D eigenvalue weighted by molar-refractivity contribution is 5.95. The molecule has 2 unspecified atom stereocenters. The van der Waals surface area contributed by atoms with Crippen molar-refractivity contribution < 1.29 is 19.4 Å². The number of aliphatic hydroxyl groups is 1. The van der Waals surface area contributed by atoms with Crippen molar-refractivity contribution in [1.29, 1.82) is 0 Å². The summed E-state index contributed by atoms with van der Waals surface area (Å²) in [7, 11) is 0. The van der Waals surface area contributed by atoms with Gasteiger partial charge in [0.05, 0.1) is 25.4 Å². The van der Waals surface area contributed by atoms with E-state index in [1.165, 1.54) is 0 Å². The number of nitrogens with one attached hydrogen (secondary N) is 2. The van der Waals surface area contributed by atoms with Crippen LogP contribution >= 0.6 is 12.4 Å². The highest BCUT2D eigenvalue weighted by atomic mass is 35.5. The fourth-order valence-corrected chi connectivity index (χ4v) is 2.98. The van der Waals surface area contributed by atoms with Gasteiger partial charge in [0.25, 0.3) is 0 Å². The number of carbonyl (C=O) groups is 1. The van der Waals surface area contributed by atoms with E-state index in [1.54, 1.807) is 0 Å². The molecule has 1 aromatic carbocycles. The molecule has 0 bridgehead atoms. The van der Waals surface area contributed by atoms with Gasteiger partial charge in [-0.1, -0.05) is 0 Å². The molecule has 2 aliphatic heterocycles. The van der Waals surface area contributed by atoms with Gasteiger partial charge in [0.15, 0.2) is 0 Å². The average Bonchev–Trinajstić information content (AvgIpc) is 2.98. The third-order valence-corrected chi connectivity index (χ3v) is 4.33. The van der Waals surface area contributed by atoms with Crippen molar-refractivity contribution in [3.05, 3.63) is 23.8 Å². The number of halogens is 1. The number of aliphatic hydroxyl groups excluding tert-OH is 1. The molecule has 2 saturated heterocycles. The number of rotatable bonds is 4. The van der Waals surface area contributed by atoms with Gasteiger partial charge in [0.1, 0.15) is 11.9 Å². The summed E-state index contributed by atoms with van der Waals surface area (Å²) in [6.45, 7) is 3.94. The van der Waals surface area contributed by atoms with Crippen LogP contribution in [0.2, 0.25) is 0 Å². The van der Waals surface area contributed by atoms with Crippen molar-refractivity contribution >= 4 is 24.0 Å². The van der Waals surface area contributed by atoms with Crippen molar-refractivity contribution in [2.45, 2.75) is 44.4 Å². The van der Waals surface area contributed by atoms with Crippen LogP contribution in [0, 0.1) is 6.92 Å². The Morgan fingerprint density at radius 2 is 2.12 bits per heavy atom. The molecule has 3 rings (SSSR count). The van der Waals surface area contributed by atoms with E-state index in [9.17, 15) is 9.90 Å². The predicted octanol–water partition coefficient (Wildman–Crippen LogP) is 1.64. The van der Waals surface area contributed by atoms with Crippen LogP contribution in [0.3, 0.4) is 0 Å². The summed E-state index contributed by atoms with van der Waals surface area (Å²) >= 11 is 0. The summed E-state index contributed by atoms with van der Waals surface area (Å²) < 4.78 is 11.4. The number of hydrogen-bond acceptors (Lipinski definition) is 5. The van der Waals surface area contributed by atoms with Crippen molar-refractivity contribution in [3.8, 4) is 5.75 Å². The zero-order valence-corrected chi connectivity index (χ0v) is 14.6. The largest absolute Gasteiger partial charge is 0.490 e. The topological polar surface area (TPSA) is 79.8 Å². The summed E-state index contributed by atoms with van der Waals surface area (Å²) in [5.41, 5.74) is 1.74.